The standard InChI is InChI=1S/C16H25N3/c1-18-10-4-6-14(18)12-19(2)16-7-3-5-13-11-17-9-8-15(13)16/h3,5,7,14,17H,4,6,8-12H2,1-2H3. The highest BCUT2D eigenvalue weighted by Gasteiger charge is 2.23. The molecular weight excluding hydrogens is 234 g/mol. The van der Waals surface area contributed by atoms with Gasteiger partial charge in [0.1, 0.15) is 0 Å². The van der Waals surface area contributed by atoms with Crippen molar-refractivity contribution < 1.29 is 0 Å². The fraction of sp³-hybridized carbons (Fsp3) is 0.625. The maximum absolute atomic E-state index is 3.46. The molecule has 0 saturated carbocycles. The molecule has 1 fully saturated rings. The fourth-order valence-electron chi connectivity index (χ4n) is 3.49. The number of fused-ring (bicyclic) bond motifs is 1. The van der Waals surface area contributed by atoms with E-state index in [4.69, 9.17) is 0 Å². The molecular formula is C16H25N3. The van der Waals surface area contributed by atoms with E-state index in [9.17, 15) is 0 Å². The number of nitrogens with zero attached hydrogens (tertiary/aromatic N) is 2. The predicted molar refractivity (Wildman–Crippen MR) is 80.8 cm³/mol. The van der Waals surface area contributed by atoms with Crippen LogP contribution in [0.1, 0.15) is 24.0 Å². The average Bonchev–Trinajstić information content (AvgIpc) is 2.83. The highest BCUT2D eigenvalue weighted by Crippen LogP contribution is 2.27. The van der Waals surface area contributed by atoms with Gasteiger partial charge >= 0.3 is 0 Å². The third kappa shape index (κ3) is 2.63. The van der Waals surface area contributed by atoms with Crippen LogP contribution in [-0.4, -0.2) is 44.7 Å². The van der Waals surface area contributed by atoms with Crippen LogP contribution in [0.5, 0.6) is 0 Å². The van der Waals surface area contributed by atoms with Crippen LogP contribution in [0.15, 0.2) is 18.2 Å². The topological polar surface area (TPSA) is 18.5 Å². The van der Waals surface area contributed by atoms with Crippen molar-refractivity contribution in [3.05, 3.63) is 29.3 Å². The van der Waals surface area contributed by atoms with Gasteiger partial charge in [0.15, 0.2) is 0 Å². The molecule has 1 unspecified atom stereocenters. The second-order valence-corrected chi connectivity index (χ2v) is 6.00. The number of likely N-dealkylation sites (N-methyl/N-ethyl adjacent to an activating group) is 2. The molecule has 19 heavy (non-hydrogen) atoms. The minimum absolute atomic E-state index is 0.725. The Labute approximate surface area is 116 Å². The van der Waals surface area contributed by atoms with Gasteiger partial charge < -0.3 is 15.1 Å². The van der Waals surface area contributed by atoms with Crippen LogP contribution in [0.25, 0.3) is 0 Å². The van der Waals surface area contributed by atoms with Crippen LogP contribution in [0.2, 0.25) is 0 Å². The van der Waals surface area contributed by atoms with Crippen LogP contribution in [0, 0.1) is 0 Å². The molecule has 0 aliphatic carbocycles. The van der Waals surface area contributed by atoms with Gasteiger partial charge in [-0.15, -0.1) is 0 Å². The molecule has 3 rings (SSSR count). The molecule has 0 bridgehead atoms. The second kappa shape index (κ2) is 5.51. The maximum Gasteiger partial charge on any atom is 0.0400 e. The fourth-order valence-corrected chi connectivity index (χ4v) is 3.49. The van der Waals surface area contributed by atoms with Gasteiger partial charge in [-0.25, -0.2) is 0 Å². The Morgan fingerprint density at radius 1 is 1.42 bits per heavy atom. The SMILES string of the molecule is CN(CC1CCCN1C)c1cccc2c1CCNC2. The monoisotopic (exact) mass is 259 g/mol. The molecule has 1 aromatic carbocycles. The zero-order chi connectivity index (χ0) is 13.2. The van der Waals surface area contributed by atoms with E-state index in [-0.39, 0.29) is 0 Å². The number of hydrogen-bond acceptors (Lipinski definition) is 3. The number of hydrogen-bond donors (Lipinski definition) is 1. The molecule has 0 amide bonds. The van der Waals surface area contributed by atoms with E-state index in [1.165, 1.54) is 30.6 Å². The summed E-state index contributed by atoms with van der Waals surface area (Å²) in [5.74, 6) is 0. The first-order valence-corrected chi connectivity index (χ1v) is 7.48. The van der Waals surface area contributed by atoms with E-state index in [2.05, 4.69) is 47.4 Å². The summed E-state index contributed by atoms with van der Waals surface area (Å²) in [6, 6.07) is 7.48. The average molecular weight is 259 g/mol. The van der Waals surface area contributed by atoms with E-state index < -0.39 is 0 Å². The highest BCUT2D eigenvalue weighted by molar-refractivity contribution is 5.57. The smallest absolute Gasteiger partial charge is 0.0400 e. The molecule has 0 radical (unpaired) electrons. The first-order chi connectivity index (χ1) is 9.25. The number of nitrogens with one attached hydrogen (secondary N) is 1. The maximum atomic E-state index is 3.46. The number of benzene rings is 1. The highest BCUT2D eigenvalue weighted by atomic mass is 15.2. The Hall–Kier alpha value is -1.06. The minimum Gasteiger partial charge on any atom is -0.373 e. The zero-order valence-electron chi connectivity index (χ0n) is 12.2. The van der Waals surface area contributed by atoms with Gasteiger partial charge in [-0.2, -0.15) is 0 Å². The molecule has 2 aliphatic rings. The Morgan fingerprint density at radius 3 is 3.11 bits per heavy atom. The molecule has 3 heteroatoms. The molecule has 104 valence electrons. The van der Waals surface area contributed by atoms with E-state index in [0.717, 1.165) is 32.1 Å². The largest absolute Gasteiger partial charge is 0.373 e. The van der Waals surface area contributed by atoms with Gasteiger partial charge in [0, 0.05) is 31.9 Å². The van der Waals surface area contributed by atoms with Gasteiger partial charge in [-0.3, -0.25) is 0 Å². The van der Waals surface area contributed by atoms with Crippen molar-refractivity contribution in [2.24, 2.45) is 0 Å². The summed E-state index contributed by atoms with van der Waals surface area (Å²) < 4.78 is 0. The Balaban J connectivity index is 1.77. The normalized spacial score (nSPS) is 23.4. The molecule has 2 aliphatic heterocycles. The minimum atomic E-state index is 0.725. The number of anilines is 1. The lowest BCUT2D eigenvalue weighted by Gasteiger charge is -2.31. The summed E-state index contributed by atoms with van der Waals surface area (Å²) >= 11 is 0. The van der Waals surface area contributed by atoms with Crippen molar-refractivity contribution in [1.82, 2.24) is 10.2 Å². The van der Waals surface area contributed by atoms with Crippen LogP contribution < -0.4 is 10.2 Å². The Morgan fingerprint density at radius 2 is 2.32 bits per heavy atom. The lowest BCUT2D eigenvalue weighted by molar-refractivity contribution is 0.314. The van der Waals surface area contributed by atoms with Crippen molar-refractivity contribution in [3.63, 3.8) is 0 Å². The molecule has 3 nitrogen and oxygen atoms in total. The van der Waals surface area contributed by atoms with Crippen molar-refractivity contribution in [3.8, 4) is 0 Å². The van der Waals surface area contributed by atoms with Gasteiger partial charge in [-0.1, -0.05) is 12.1 Å². The van der Waals surface area contributed by atoms with Gasteiger partial charge in [-0.05, 0) is 56.6 Å². The Bertz CT molecular complexity index is 444. The van der Waals surface area contributed by atoms with E-state index >= 15 is 0 Å². The lowest BCUT2D eigenvalue weighted by atomic mass is 9.98. The van der Waals surface area contributed by atoms with Crippen LogP contribution in [0.3, 0.4) is 0 Å². The predicted octanol–water partition coefficient (Wildman–Crippen LogP) is 1.86. The summed E-state index contributed by atoms with van der Waals surface area (Å²) in [5, 5.41) is 3.46. The van der Waals surface area contributed by atoms with Crippen LogP contribution >= 0.6 is 0 Å². The Kier molecular flexibility index (Phi) is 3.76. The summed E-state index contributed by atoms with van der Waals surface area (Å²) in [6.45, 7) is 4.55. The summed E-state index contributed by atoms with van der Waals surface area (Å²) in [7, 11) is 4.51. The number of rotatable bonds is 3. The summed E-state index contributed by atoms with van der Waals surface area (Å²) in [5.41, 5.74) is 4.49. The third-order valence-corrected chi connectivity index (χ3v) is 4.68. The van der Waals surface area contributed by atoms with Gasteiger partial charge in [0.2, 0.25) is 0 Å². The van der Waals surface area contributed by atoms with Crippen molar-refractivity contribution in [1.29, 1.82) is 0 Å². The van der Waals surface area contributed by atoms with Crippen molar-refractivity contribution >= 4 is 5.69 Å². The van der Waals surface area contributed by atoms with Crippen LogP contribution in [0.4, 0.5) is 5.69 Å². The van der Waals surface area contributed by atoms with Gasteiger partial charge in [0.25, 0.3) is 0 Å². The lowest BCUT2D eigenvalue weighted by Crippen LogP contribution is -2.37. The van der Waals surface area contributed by atoms with Gasteiger partial charge in [0.05, 0.1) is 0 Å². The molecule has 0 spiro atoms. The second-order valence-electron chi connectivity index (χ2n) is 6.00. The molecule has 1 aromatic rings. The van der Waals surface area contributed by atoms with E-state index in [0.29, 0.717) is 0 Å². The summed E-state index contributed by atoms with van der Waals surface area (Å²) in [6.07, 6.45) is 3.86. The molecule has 1 saturated heterocycles. The van der Waals surface area contributed by atoms with E-state index in [1.807, 2.05) is 0 Å². The van der Waals surface area contributed by atoms with Crippen molar-refractivity contribution in [2.45, 2.75) is 31.8 Å². The third-order valence-electron chi connectivity index (χ3n) is 4.68. The molecule has 2 heterocycles. The van der Waals surface area contributed by atoms with Crippen molar-refractivity contribution in [2.75, 3.05) is 38.6 Å². The summed E-state index contributed by atoms with van der Waals surface area (Å²) in [4.78, 5) is 4.98. The van der Waals surface area contributed by atoms with Crippen LogP contribution in [-0.2, 0) is 13.0 Å². The zero-order valence-corrected chi connectivity index (χ0v) is 12.2. The quantitative estimate of drug-likeness (QED) is 0.894. The molecule has 1 N–H and O–H groups in total. The molecule has 0 aromatic heterocycles. The van der Waals surface area contributed by atoms with E-state index in [1.54, 1.807) is 5.56 Å². The number of likely N-dealkylation sites (tertiary alicyclic amines) is 1. The molecule has 1 atom stereocenters. The first kappa shape index (κ1) is 12.9. The first-order valence-electron chi connectivity index (χ1n) is 7.48.